The second kappa shape index (κ2) is 14.3. The molecule has 1 amide bonds. The first-order valence-corrected chi connectivity index (χ1v) is 16.4. The minimum atomic E-state index is -0.142. The molecule has 6 rings (SSSR count). The van der Waals surface area contributed by atoms with Crippen molar-refractivity contribution < 1.29 is 4.79 Å². The molecule has 3 heterocycles. The van der Waals surface area contributed by atoms with Gasteiger partial charge in [0.1, 0.15) is 0 Å². The number of para-hydroxylation sites is 1. The van der Waals surface area contributed by atoms with E-state index < -0.39 is 0 Å². The second-order valence-corrected chi connectivity index (χ2v) is 12.2. The quantitative estimate of drug-likeness (QED) is 0.265. The molecule has 4 aromatic rings. The summed E-state index contributed by atoms with van der Waals surface area (Å²) >= 11 is 0. The number of hydrogen-bond acceptors (Lipinski definition) is 5. The number of nitrogens with one attached hydrogen (secondary N) is 1. The number of aromatic nitrogens is 1. The highest BCUT2D eigenvalue weighted by molar-refractivity contribution is 6.08. The molecule has 1 atom stereocenters. The molecule has 0 radical (unpaired) electrons. The van der Waals surface area contributed by atoms with E-state index in [1.54, 1.807) is 4.57 Å². The van der Waals surface area contributed by atoms with Crippen LogP contribution in [0.5, 0.6) is 0 Å². The molecule has 0 unspecified atom stereocenters. The Morgan fingerprint density at radius 1 is 0.705 bits per heavy atom. The Bertz CT molecular complexity index is 1590. The molecule has 2 aliphatic heterocycles. The maximum absolute atomic E-state index is 14.4. The Hall–Kier alpha value is -3.78. The number of rotatable bonds is 10. The summed E-state index contributed by atoms with van der Waals surface area (Å²) < 4.78 is 1.78. The number of hydrogen-bond donors (Lipinski definition) is 1. The van der Waals surface area contributed by atoms with Crippen molar-refractivity contribution in [3.05, 3.63) is 112 Å². The molecule has 0 aliphatic carbocycles. The van der Waals surface area contributed by atoms with Crippen molar-refractivity contribution in [1.29, 1.82) is 0 Å². The van der Waals surface area contributed by atoms with Gasteiger partial charge in [-0.25, -0.2) is 0 Å². The van der Waals surface area contributed by atoms with E-state index in [9.17, 15) is 9.59 Å². The van der Waals surface area contributed by atoms with Gasteiger partial charge in [0.2, 0.25) is 0 Å². The van der Waals surface area contributed by atoms with Crippen LogP contribution in [0, 0.1) is 0 Å². The van der Waals surface area contributed by atoms with Crippen LogP contribution in [0.15, 0.2) is 89.7 Å². The van der Waals surface area contributed by atoms with Crippen molar-refractivity contribution in [2.45, 2.75) is 45.2 Å². The summed E-state index contributed by atoms with van der Waals surface area (Å²) in [4.78, 5) is 36.1. The summed E-state index contributed by atoms with van der Waals surface area (Å²) in [6, 6.07) is 27.3. The van der Waals surface area contributed by atoms with Crippen LogP contribution in [-0.4, -0.2) is 77.5 Å². The Kier molecular flexibility index (Phi) is 9.86. The zero-order valence-corrected chi connectivity index (χ0v) is 26.0. The standard InChI is InChI=1S/C37H45N5O2/c1-2-33(29-14-6-3-7-15-29)38-36(43)35-31-18-10-11-19-32(31)37(44)42(30-16-8-4-9-17-30)34(35)28-41-26-24-40(25-27-41)23-22-39-20-12-5-13-21-39/h3-4,6-11,14-19,33H,2,5,12-13,20-28H2,1H3,(H,38,43)/t33-/m0/s1. The van der Waals surface area contributed by atoms with Gasteiger partial charge in [-0.1, -0.05) is 80.1 Å². The number of likely N-dealkylation sites (tertiary alicyclic amines) is 1. The number of nitrogens with zero attached hydrogens (tertiary/aromatic N) is 4. The third kappa shape index (κ3) is 6.80. The van der Waals surface area contributed by atoms with E-state index in [0.29, 0.717) is 22.9 Å². The van der Waals surface area contributed by atoms with Crippen molar-refractivity contribution in [1.82, 2.24) is 24.6 Å². The molecule has 0 spiro atoms. The van der Waals surface area contributed by atoms with Gasteiger partial charge in [0.15, 0.2) is 0 Å². The van der Waals surface area contributed by atoms with Gasteiger partial charge >= 0.3 is 0 Å². The largest absolute Gasteiger partial charge is 0.345 e. The summed E-state index contributed by atoms with van der Waals surface area (Å²) in [7, 11) is 0. The van der Waals surface area contributed by atoms with Gasteiger partial charge in [-0.2, -0.15) is 0 Å². The van der Waals surface area contributed by atoms with Crippen LogP contribution in [0.3, 0.4) is 0 Å². The van der Waals surface area contributed by atoms with Gasteiger partial charge in [0, 0.05) is 62.3 Å². The lowest BCUT2D eigenvalue weighted by molar-refractivity contribution is 0.0928. The molecular weight excluding hydrogens is 546 g/mol. The van der Waals surface area contributed by atoms with E-state index in [-0.39, 0.29) is 17.5 Å². The fourth-order valence-corrected chi connectivity index (χ4v) is 6.84. The van der Waals surface area contributed by atoms with Crippen LogP contribution in [0.4, 0.5) is 0 Å². The molecule has 7 nitrogen and oxygen atoms in total. The Morgan fingerprint density at radius 2 is 1.27 bits per heavy atom. The minimum absolute atomic E-state index is 0.0892. The normalized spacial score (nSPS) is 17.5. The highest BCUT2D eigenvalue weighted by Gasteiger charge is 2.27. The SMILES string of the molecule is CC[C@H](NC(=O)c1c(CN2CCN(CCN3CCCCC3)CC2)n(-c2ccccc2)c(=O)c2ccccc12)c1ccccc1. The zero-order valence-electron chi connectivity index (χ0n) is 26.0. The van der Waals surface area contributed by atoms with Crippen LogP contribution < -0.4 is 10.9 Å². The number of amides is 1. The summed E-state index contributed by atoms with van der Waals surface area (Å²) in [5.41, 5.74) is 3.11. The summed E-state index contributed by atoms with van der Waals surface area (Å²) in [5.74, 6) is -0.142. The monoisotopic (exact) mass is 591 g/mol. The van der Waals surface area contributed by atoms with Crippen molar-refractivity contribution in [3.63, 3.8) is 0 Å². The molecule has 3 aromatic carbocycles. The molecule has 2 fully saturated rings. The molecule has 7 heteroatoms. The minimum Gasteiger partial charge on any atom is -0.345 e. The van der Waals surface area contributed by atoms with Gasteiger partial charge < -0.3 is 10.2 Å². The lowest BCUT2D eigenvalue weighted by Crippen LogP contribution is -2.49. The molecule has 1 aromatic heterocycles. The van der Waals surface area contributed by atoms with Gasteiger partial charge in [-0.05, 0) is 56.1 Å². The first-order valence-electron chi connectivity index (χ1n) is 16.4. The molecule has 2 saturated heterocycles. The van der Waals surface area contributed by atoms with E-state index in [4.69, 9.17) is 0 Å². The molecule has 0 saturated carbocycles. The number of pyridine rings is 1. The van der Waals surface area contributed by atoms with E-state index in [0.717, 1.165) is 62.6 Å². The lowest BCUT2D eigenvalue weighted by atomic mass is 9.99. The molecule has 0 bridgehead atoms. The van der Waals surface area contributed by atoms with Gasteiger partial charge in [0.05, 0.1) is 17.3 Å². The Balaban J connectivity index is 1.33. The maximum Gasteiger partial charge on any atom is 0.263 e. The lowest BCUT2D eigenvalue weighted by Gasteiger charge is -2.37. The number of carbonyl (C=O) groups is 1. The van der Waals surface area contributed by atoms with Crippen LogP contribution in [0.2, 0.25) is 0 Å². The van der Waals surface area contributed by atoms with Gasteiger partial charge in [-0.3, -0.25) is 24.0 Å². The fourth-order valence-electron chi connectivity index (χ4n) is 6.84. The second-order valence-electron chi connectivity index (χ2n) is 12.2. The number of benzene rings is 3. The number of piperazine rings is 1. The zero-order chi connectivity index (χ0) is 30.3. The molecule has 44 heavy (non-hydrogen) atoms. The molecule has 1 N–H and O–H groups in total. The number of fused-ring (bicyclic) bond motifs is 1. The fraction of sp³-hybridized carbons (Fsp3) is 0.405. The third-order valence-electron chi connectivity index (χ3n) is 9.36. The highest BCUT2D eigenvalue weighted by Crippen LogP contribution is 2.26. The van der Waals surface area contributed by atoms with Gasteiger partial charge in [0.25, 0.3) is 11.5 Å². The van der Waals surface area contributed by atoms with Gasteiger partial charge in [-0.15, -0.1) is 0 Å². The van der Waals surface area contributed by atoms with E-state index in [1.165, 1.54) is 32.4 Å². The third-order valence-corrected chi connectivity index (χ3v) is 9.36. The summed E-state index contributed by atoms with van der Waals surface area (Å²) in [5, 5.41) is 4.60. The van der Waals surface area contributed by atoms with Crippen LogP contribution in [0.25, 0.3) is 16.5 Å². The summed E-state index contributed by atoms with van der Waals surface area (Å²) in [6.45, 7) is 11.1. The average molecular weight is 592 g/mol. The first kappa shape index (κ1) is 30.3. The number of carbonyl (C=O) groups excluding carboxylic acids is 1. The predicted molar refractivity (Wildman–Crippen MR) is 178 cm³/mol. The maximum atomic E-state index is 14.4. The van der Waals surface area contributed by atoms with Crippen LogP contribution in [-0.2, 0) is 6.54 Å². The van der Waals surface area contributed by atoms with Crippen molar-refractivity contribution >= 4 is 16.7 Å². The average Bonchev–Trinajstić information content (AvgIpc) is 3.08. The summed E-state index contributed by atoms with van der Waals surface area (Å²) in [6.07, 6.45) is 4.77. The first-order chi connectivity index (χ1) is 21.6. The Labute approximate surface area is 261 Å². The Morgan fingerprint density at radius 3 is 1.93 bits per heavy atom. The van der Waals surface area contributed by atoms with Crippen molar-refractivity contribution in [2.75, 3.05) is 52.4 Å². The van der Waals surface area contributed by atoms with Crippen molar-refractivity contribution in [2.24, 2.45) is 0 Å². The van der Waals surface area contributed by atoms with Crippen molar-refractivity contribution in [3.8, 4) is 5.69 Å². The molecule has 230 valence electrons. The number of piperidine rings is 1. The van der Waals surface area contributed by atoms with Crippen LogP contribution in [0.1, 0.15) is 60.3 Å². The smallest absolute Gasteiger partial charge is 0.263 e. The highest BCUT2D eigenvalue weighted by atomic mass is 16.2. The van der Waals surface area contributed by atoms with E-state index >= 15 is 0 Å². The van der Waals surface area contributed by atoms with E-state index in [1.807, 2.05) is 72.8 Å². The van der Waals surface area contributed by atoms with Crippen LogP contribution >= 0.6 is 0 Å². The predicted octanol–water partition coefficient (Wildman–Crippen LogP) is 5.48. The van der Waals surface area contributed by atoms with E-state index in [2.05, 4.69) is 39.1 Å². The molecule has 2 aliphatic rings. The topological polar surface area (TPSA) is 60.8 Å². The molecular formula is C37H45N5O2.